The van der Waals surface area contributed by atoms with Gasteiger partial charge in [0.05, 0.1) is 11.3 Å². The molecule has 3 aromatic rings. The molecule has 1 aliphatic carbocycles. The normalized spacial score (nSPS) is 15.8. The molecule has 0 bridgehead atoms. The van der Waals surface area contributed by atoms with E-state index in [4.69, 9.17) is 10.8 Å². The molecule has 0 radical (unpaired) electrons. The molecule has 29 heavy (non-hydrogen) atoms. The van der Waals surface area contributed by atoms with Crippen molar-refractivity contribution in [2.75, 3.05) is 6.54 Å². The lowest BCUT2D eigenvalue weighted by atomic mass is 9.84. The van der Waals surface area contributed by atoms with Gasteiger partial charge in [0.15, 0.2) is 0 Å². The third-order valence-electron chi connectivity index (χ3n) is 5.70. The maximum atomic E-state index is 13.3. The topological polar surface area (TPSA) is 85.8 Å². The molecule has 2 aromatic heterocycles. The Balaban J connectivity index is 1.65. The summed E-state index contributed by atoms with van der Waals surface area (Å²) in [6.45, 7) is 0.450. The van der Waals surface area contributed by atoms with Crippen molar-refractivity contribution in [1.82, 2.24) is 20.1 Å². The molecule has 2 heterocycles. The number of nitrogens with two attached hydrogens (primary N) is 1. The van der Waals surface area contributed by atoms with Crippen molar-refractivity contribution >= 4 is 5.91 Å². The third kappa shape index (κ3) is 4.38. The van der Waals surface area contributed by atoms with Gasteiger partial charge in [-0.1, -0.05) is 37.5 Å². The molecule has 3 N–H and O–H groups in total. The Morgan fingerprint density at radius 1 is 1.14 bits per heavy atom. The number of carbonyl (C=O) groups is 1. The molecule has 0 saturated heterocycles. The number of hydrogen-bond donors (Lipinski definition) is 2. The Morgan fingerprint density at radius 3 is 2.62 bits per heavy atom. The van der Waals surface area contributed by atoms with E-state index in [-0.39, 0.29) is 11.9 Å². The van der Waals surface area contributed by atoms with Crippen LogP contribution in [0.1, 0.15) is 42.5 Å². The average molecular weight is 390 g/mol. The van der Waals surface area contributed by atoms with Crippen molar-refractivity contribution in [2.45, 2.75) is 38.1 Å². The van der Waals surface area contributed by atoms with Gasteiger partial charge < -0.3 is 11.1 Å². The molecule has 150 valence electrons. The Labute approximate surface area is 171 Å². The van der Waals surface area contributed by atoms with E-state index in [1.807, 2.05) is 42.5 Å². The predicted octanol–water partition coefficient (Wildman–Crippen LogP) is 3.57. The summed E-state index contributed by atoms with van der Waals surface area (Å²) in [6.07, 6.45) is 11.2. The standard InChI is InChI=1S/C23H27N5O/c24-14-21(17-8-3-1-4-9-17)26-23(29)20-16-28(19-11-5-2-6-12-19)27-22(20)18-10-7-13-25-15-18/h2,5-7,10-13,15-17,21H,1,3-4,8-9,14,24H2,(H,26,29). The molecule has 1 fully saturated rings. The number of amides is 1. The van der Waals surface area contributed by atoms with Gasteiger partial charge in [-0.25, -0.2) is 4.68 Å². The molecule has 0 aliphatic heterocycles. The SMILES string of the molecule is NCC(NC(=O)c1cn(-c2ccccc2)nc1-c1cccnc1)C1CCCCC1. The van der Waals surface area contributed by atoms with Crippen LogP contribution in [0.15, 0.2) is 61.1 Å². The van der Waals surface area contributed by atoms with Crippen LogP contribution >= 0.6 is 0 Å². The van der Waals surface area contributed by atoms with Gasteiger partial charge in [-0.2, -0.15) is 5.10 Å². The first-order valence-corrected chi connectivity index (χ1v) is 10.3. The summed E-state index contributed by atoms with van der Waals surface area (Å²) in [6, 6.07) is 13.6. The van der Waals surface area contributed by atoms with Gasteiger partial charge in [0.1, 0.15) is 5.69 Å². The lowest BCUT2D eigenvalue weighted by Gasteiger charge is -2.30. The minimum Gasteiger partial charge on any atom is -0.348 e. The smallest absolute Gasteiger partial charge is 0.255 e. The second kappa shape index (κ2) is 9.01. The van der Waals surface area contributed by atoms with Crippen LogP contribution in [0.25, 0.3) is 16.9 Å². The van der Waals surface area contributed by atoms with Gasteiger partial charge in [0, 0.05) is 36.7 Å². The molecule has 4 rings (SSSR count). The number of benzene rings is 1. The van der Waals surface area contributed by atoms with Crippen LogP contribution in [-0.4, -0.2) is 33.3 Å². The van der Waals surface area contributed by atoms with E-state index in [0.29, 0.717) is 23.7 Å². The highest BCUT2D eigenvalue weighted by Gasteiger charge is 2.26. The highest BCUT2D eigenvalue weighted by Crippen LogP contribution is 2.27. The summed E-state index contributed by atoms with van der Waals surface area (Å²) in [5.74, 6) is 0.316. The predicted molar refractivity (Wildman–Crippen MR) is 114 cm³/mol. The van der Waals surface area contributed by atoms with Crippen LogP contribution in [-0.2, 0) is 0 Å². The number of hydrogen-bond acceptors (Lipinski definition) is 4. The Bertz CT molecular complexity index is 932. The van der Waals surface area contributed by atoms with E-state index < -0.39 is 0 Å². The molecule has 1 aromatic carbocycles. The fraction of sp³-hybridized carbons (Fsp3) is 0.348. The Kier molecular flexibility index (Phi) is 6.00. The minimum absolute atomic E-state index is 0.00961. The summed E-state index contributed by atoms with van der Waals surface area (Å²) in [4.78, 5) is 17.4. The lowest BCUT2D eigenvalue weighted by molar-refractivity contribution is 0.0916. The number of aromatic nitrogens is 3. The first kappa shape index (κ1) is 19.3. The monoisotopic (exact) mass is 389 g/mol. The molecule has 1 saturated carbocycles. The van der Waals surface area contributed by atoms with E-state index in [2.05, 4.69) is 10.3 Å². The molecule has 1 aliphatic rings. The van der Waals surface area contributed by atoms with E-state index in [0.717, 1.165) is 24.1 Å². The van der Waals surface area contributed by atoms with Crippen molar-refractivity contribution < 1.29 is 4.79 Å². The molecular weight excluding hydrogens is 362 g/mol. The van der Waals surface area contributed by atoms with Gasteiger partial charge in [-0.05, 0) is 43.0 Å². The second-order valence-corrected chi connectivity index (χ2v) is 7.63. The second-order valence-electron chi connectivity index (χ2n) is 7.63. The van der Waals surface area contributed by atoms with Crippen molar-refractivity contribution in [1.29, 1.82) is 0 Å². The van der Waals surface area contributed by atoms with Crippen LogP contribution in [0.4, 0.5) is 0 Å². The number of pyridine rings is 1. The lowest BCUT2D eigenvalue weighted by Crippen LogP contribution is -2.46. The van der Waals surface area contributed by atoms with Crippen LogP contribution in [0.2, 0.25) is 0 Å². The van der Waals surface area contributed by atoms with Crippen LogP contribution in [0.3, 0.4) is 0 Å². The van der Waals surface area contributed by atoms with Crippen LogP contribution < -0.4 is 11.1 Å². The fourth-order valence-electron chi connectivity index (χ4n) is 4.12. The average Bonchev–Trinajstić information content (AvgIpc) is 3.25. The number of rotatable bonds is 6. The van der Waals surface area contributed by atoms with E-state index in [1.54, 1.807) is 23.3 Å². The van der Waals surface area contributed by atoms with Crippen molar-refractivity contribution in [3.8, 4) is 16.9 Å². The van der Waals surface area contributed by atoms with Crippen LogP contribution in [0.5, 0.6) is 0 Å². The largest absolute Gasteiger partial charge is 0.348 e. The maximum absolute atomic E-state index is 13.3. The maximum Gasteiger partial charge on any atom is 0.255 e. The Morgan fingerprint density at radius 2 is 1.93 bits per heavy atom. The Hall–Kier alpha value is -2.99. The minimum atomic E-state index is -0.132. The van der Waals surface area contributed by atoms with Gasteiger partial charge in [0.25, 0.3) is 5.91 Å². The number of nitrogens with one attached hydrogen (secondary N) is 1. The molecule has 1 unspecified atom stereocenters. The van der Waals surface area contributed by atoms with E-state index in [1.165, 1.54) is 19.3 Å². The van der Waals surface area contributed by atoms with Crippen molar-refractivity contribution in [2.24, 2.45) is 11.7 Å². The first-order valence-electron chi connectivity index (χ1n) is 10.3. The van der Waals surface area contributed by atoms with Gasteiger partial charge in [-0.3, -0.25) is 9.78 Å². The summed E-state index contributed by atoms with van der Waals surface area (Å²) in [5, 5.41) is 7.89. The molecule has 1 amide bonds. The van der Waals surface area contributed by atoms with E-state index >= 15 is 0 Å². The van der Waals surface area contributed by atoms with E-state index in [9.17, 15) is 4.79 Å². The number of carbonyl (C=O) groups excluding carboxylic acids is 1. The quantitative estimate of drug-likeness (QED) is 0.675. The van der Waals surface area contributed by atoms with Crippen molar-refractivity contribution in [3.05, 3.63) is 66.6 Å². The number of nitrogens with zero attached hydrogens (tertiary/aromatic N) is 3. The van der Waals surface area contributed by atoms with Crippen LogP contribution in [0, 0.1) is 5.92 Å². The summed E-state index contributed by atoms with van der Waals surface area (Å²) >= 11 is 0. The first-order chi connectivity index (χ1) is 14.3. The number of para-hydroxylation sites is 1. The van der Waals surface area contributed by atoms with Gasteiger partial charge in [-0.15, -0.1) is 0 Å². The molecule has 1 atom stereocenters. The fourth-order valence-corrected chi connectivity index (χ4v) is 4.12. The summed E-state index contributed by atoms with van der Waals surface area (Å²) < 4.78 is 1.75. The van der Waals surface area contributed by atoms with Gasteiger partial charge in [0.2, 0.25) is 0 Å². The zero-order chi connectivity index (χ0) is 20.1. The third-order valence-corrected chi connectivity index (χ3v) is 5.70. The van der Waals surface area contributed by atoms with Gasteiger partial charge >= 0.3 is 0 Å². The molecule has 0 spiro atoms. The van der Waals surface area contributed by atoms with Crippen molar-refractivity contribution in [3.63, 3.8) is 0 Å². The highest BCUT2D eigenvalue weighted by atomic mass is 16.1. The molecular formula is C23H27N5O. The molecule has 6 heteroatoms. The zero-order valence-electron chi connectivity index (χ0n) is 16.5. The summed E-state index contributed by atoms with van der Waals surface area (Å²) in [5.41, 5.74) is 8.91. The summed E-state index contributed by atoms with van der Waals surface area (Å²) in [7, 11) is 0. The zero-order valence-corrected chi connectivity index (χ0v) is 16.5. The molecule has 6 nitrogen and oxygen atoms in total. The highest BCUT2D eigenvalue weighted by molar-refractivity contribution is 6.00.